The molecule has 2 rings (SSSR count). The van der Waals surface area contributed by atoms with E-state index in [2.05, 4.69) is 30.7 Å². The van der Waals surface area contributed by atoms with Gasteiger partial charge in [0, 0.05) is 26.2 Å². The highest BCUT2D eigenvalue weighted by atomic mass is 32.1. The van der Waals surface area contributed by atoms with Gasteiger partial charge in [0.1, 0.15) is 4.88 Å². The van der Waals surface area contributed by atoms with E-state index in [4.69, 9.17) is 0 Å². The molecule has 0 atom stereocenters. The summed E-state index contributed by atoms with van der Waals surface area (Å²) in [6, 6.07) is 0. The molecular weight excluding hydrogens is 299 g/mol. The van der Waals surface area contributed by atoms with Gasteiger partial charge in [0.25, 0.3) is 0 Å². The number of piperazine rings is 1. The number of halogens is 3. The molecule has 0 aromatic carbocycles. The Hall–Kier alpha value is -0.820. The van der Waals surface area contributed by atoms with Gasteiger partial charge >= 0.3 is 6.18 Å². The normalized spacial score (nSPS) is 18.3. The van der Waals surface area contributed by atoms with Crippen molar-refractivity contribution >= 4 is 16.5 Å². The summed E-state index contributed by atoms with van der Waals surface area (Å²) in [5, 5.41) is 0.484. The summed E-state index contributed by atoms with van der Waals surface area (Å²) in [4.78, 5) is 7.63. The first-order valence-corrected chi connectivity index (χ1v) is 7.97. The van der Waals surface area contributed by atoms with Gasteiger partial charge in [-0.15, -0.1) is 0 Å². The molecule has 2 heterocycles. The highest BCUT2D eigenvalue weighted by Crippen LogP contribution is 2.36. The molecule has 0 amide bonds. The van der Waals surface area contributed by atoms with Crippen molar-refractivity contribution in [2.45, 2.75) is 33.4 Å². The number of hydrogen-bond donors (Lipinski definition) is 0. The third-order valence-corrected chi connectivity index (χ3v) is 4.70. The van der Waals surface area contributed by atoms with E-state index < -0.39 is 11.1 Å². The number of thiazole rings is 1. The Morgan fingerprint density at radius 1 is 1.14 bits per heavy atom. The van der Waals surface area contributed by atoms with Gasteiger partial charge in [0.2, 0.25) is 0 Å². The second-order valence-corrected chi connectivity index (χ2v) is 7.65. The van der Waals surface area contributed by atoms with E-state index in [9.17, 15) is 13.2 Å². The van der Waals surface area contributed by atoms with Crippen LogP contribution in [0, 0.1) is 5.41 Å². The van der Waals surface area contributed by atoms with Crippen LogP contribution in [-0.4, -0.2) is 42.6 Å². The zero-order valence-corrected chi connectivity index (χ0v) is 13.5. The van der Waals surface area contributed by atoms with Crippen LogP contribution >= 0.6 is 11.3 Å². The van der Waals surface area contributed by atoms with Gasteiger partial charge in [-0.25, -0.2) is 4.98 Å². The minimum absolute atomic E-state index is 0.314. The Bertz CT molecular complexity index is 457. The minimum Gasteiger partial charge on any atom is -0.346 e. The zero-order chi connectivity index (χ0) is 15.7. The number of alkyl halides is 3. The highest BCUT2D eigenvalue weighted by molar-refractivity contribution is 7.15. The fourth-order valence-electron chi connectivity index (χ4n) is 2.20. The molecule has 0 aliphatic carbocycles. The van der Waals surface area contributed by atoms with Gasteiger partial charge in [-0.05, 0) is 18.4 Å². The first kappa shape index (κ1) is 16.5. The molecular formula is C14H22F3N3S. The first-order chi connectivity index (χ1) is 9.65. The molecule has 1 aromatic rings. The van der Waals surface area contributed by atoms with Gasteiger partial charge in [-0.2, -0.15) is 13.2 Å². The van der Waals surface area contributed by atoms with Crippen LogP contribution in [0.5, 0.6) is 0 Å². The van der Waals surface area contributed by atoms with Gasteiger partial charge in [-0.1, -0.05) is 32.1 Å². The summed E-state index contributed by atoms with van der Waals surface area (Å²) >= 11 is 0.736. The lowest BCUT2D eigenvalue weighted by Gasteiger charge is -2.35. The minimum atomic E-state index is -4.29. The van der Waals surface area contributed by atoms with Crippen LogP contribution in [0.4, 0.5) is 18.3 Å². The molecule has 0 unspecified atom stereocenters. The Kier molecular flexibility index (Phi) is 4.82. The third kappa shape index (κ3) is 4.85. The van der Waals surface area contributed by atoms with E-state index in [1.807, 2.05) is 4.90 Å². The largest absolute Gasteiger partial charge is 0.427 e. The standard InChI is InChI=1S/C14H22F3N3S/c1-13(2,3)4-5-19-6-8-20(9-7-19)12-18-10-11(21-12)14(15,16)17/h10H,4-9H2,1-3H3. The summed E-state index contributed by atoms with van der Waals surface area (Å²) in [6.07, 6.45) is -2.22. The zero-order valence-electron chi connectivity index (χ0n) is 12.7. The summed E-state index contributed by atoms with van der Waals surface area (Å²) in [6.45, 7) is 11.0. The van der Waals surface area contributed by atoms with Crippen molar-refractivity contribution in [3.05, 3.63) is 11.1 Å². The quantitative estimate of drug-likeness (QED) is 0.846. The predicted molar refractivity (Wildman–Crippen MR) is 79.8 cm³/mol. The van der Waals surface area contributed by atoms with Crippen LogP contribution in [0.1, 0.15) is 32.1 Å². The highest BCUT2D eigenvalue weighted by Gasteiger charge is 2.34. The lowest BCUT2D eigenvalue weighted by molar-refractivity contribution is -0.134. The first-order valence-electron chi connectivity index (χ1n) is 7.15. The van der Waals surface area contributed by atoms with Crippen molar-refractivity contribution in [2.75, 3.05) is 37.6 Å². The average molecular weight is 321 g/mol. The van der Waals surface area contributed by atoms with E-state index in [1.165, 1.54) is 0 Å². The molecule has 7 heteroatoms. The van der Waals surface area contributed by atoms with Gasteiger partial charge < -0.3 is 4.90 Å². The Morgan fingerprint density at radius 2 is 1.76 bits per heavy atom. The van der Waals surface area contributed by atoms with Crippen LogP contribution in [0.25, 0.3) is 0 Å². The molecule has 0 radical (unpaired) electrons. The second kappa shape index (κ2) is 6.12. The van der Waals surface area contributed by atoms with Crippen LogP contribution in [0.15, 0.2) is 6.20 Å². The molecule has 120 valence electrons. The van der Waals surface area contributed by atoms with Crippen molar-refractivity contribution < 1.29 is 13.2 Å². The molecule has 1 fully saturated rings. The monoisotopic (exact) mass is 321 g/mol. The van der Waals surface area contributed by atoms with Crippen LogP contribution in [0.2, 0.25) is 0 Å². The fraction of sp³-hybridized carbons (Fsp3) is 0.786. The second-order valence-electron chi connectivity index (χ2n) is 6.64. The topological polar surface area (TPSA) is 19.4 Å². The van der Waals surface area contributed by atoms with Gasteiger partial charge in [-0.3, -0.25) is 4.90 Å². The summed E-state index contributed by atoms with van der Waals surface area (Å²) in [7, 11) is 0. The summed E-state index contributed by atoms with van der Waals surface area (Å²) < 4.78 is 37.8. The number of aromatic nitrogens is 1. The van der Waals surface area contributed by atoms with E-state index in [-0.39, 0.29) is 0 Å². The average Bonchev–Trinajstić information content (AvgIpc) is 2.85. The van der Waals surface area contributed by atoms with E-state index >= 15 is 0 Å². The molecule has 3 nitrogen and oxygen atoms in total. The van der Waals surface area contributed by atoms with Crippen molar-refractivity contribution in [1.29, 1.82) is 0 Å². The maximum atomic E-state index is 12.6. The lowest BCUT2D eigenvalue weighted by Crippen LogP contribution is -2.47. The molecule has 0 bridgehead atoms. The van der Waals surface area contributed by atoms with Gasteiger partial charge in [0.05, 0.1) is 6.20 Å². The number of rotatable bonds is 3. The van der Waals surface area contributed by atoms with Crippen LogP contribution in [-0.2, 0) is 6.18 Å². The third-order valence-electron chi connectivity index (χ3n) is 3.59. The van der Waals surface area contributed by atoms with E-state index in [1.54, 1.807) is 0 Å². The Balaban J connectivity index is 1.85. The predicted octanol–water partition coefficient (Wildman–Crippen LogP) is 3.72. The van der Waals surface area contributed by atoms with Crippen molar-refractivity contribution in [1.82, 2.24) is 9.88 Å². The molecule has 1 aliphatic rings. The maximum Gasteiger partial charge on any atom is 0.427 e. The van der Waals surface area contributed by atoms with Crippen LogP contribution < -0.4 is 4.90 Å². The van der Waals surface area contributed by atoms with Crippen molar-refractivity contribution in [2.24, 2.45) is 5.41 Å². The Morgan fingerprint density at radius 3 is 2.24 bits per heavy atom. The lowest BCUT2D eigenvalue weighted by atomic mass is 9.92. The van der Waals surface area contributed by atoms with Gasteiger partial charge in [0.15, 0.2) is 5.13 Å². The van der Waals surface area contributed by atoms with E-state index in [0.29, 0.717) is 10.5 Å². The fourth-order valence-corrected chi connectivity index (χ4v) is 3.03. The number of hydrogen-bond acceptors (Lipinski definition) is 4. The smallest absolute Gasteiger partial charge is 0.346 e. The molecule has 21 heavy (non-hydrogen) atoms. The van der Waals surface area contributed by atoms with E-state index in [0.717, 1.165) is 56.7 Å². The Labute approximate surface area is 127 Å². The maximum absolute atomic E-state index is 12.6. The summed E-state index contributed by atoms with van der Waals surface area (Å²) in [5.41, 5.74) is 0.314. The van der Waals surface area contributed by atoms with Crippen LogP contribution in [0.3, 0.4) is 0 Å². The summed E-state index contributed by atoms with van der Waals surface area (Å²) in [5.74, 6) is 0. The molecule has 0 N–H and O–H groups in total. The molecule has 0 saturated carbocycles. The number of anilines is 1. The number of nitrogens with zero attached hydrogens (tertiary/aromatic N) is 3. The molecule has 1 saturated heterocycles. The molecule has 1 aliphatic heterocycles. The SMILES string of the molecule is CC(C)(C)CCN1CCN(c2ncc(C(F)(F)F)s2)CC1. The molecule has 1 aromatic heterocycles. The van der Waals surface area contributed by atoms with Crippen molar-refractivity contribution in [3.8, 4) is 0 Å². The van der Waals surface area contributed by atoms with Crippen molar-refractivity contribution in [3.63, 3.8) is 0 Å². The molecule has 0 spiro atoms.